The third-order valence-corrected chi connectivity index (χ3v) is 5.79. The molecule has 0 bridgehead atoms. The van der Waals surface area contributed by atoms with Gasteiger partial charge in [0.1, 0.15) is 28.8 Å². The highest BCUT2D eigenvalue weighted by Crippen LogP contribution is 2.42. The third-order valence-electron chi connectivity index (χ3n) is 5.44. The number of anilines is 2. The van der Waals surface area contributed by atoms with Crippen LogP contribution in [0.1, 0.15) is 29.2 Å². The number of alkyl halides is 3. The second-order valence-electron chi connectivity index (χ2n) is 8.40. The Labute approximate surface area is 205 Å². The molecule has 35 heavy (non-hydrogen) atoms. The summed E-state index contributed by atoms with van der Waals surface area (Å²) in [6.07, 6.45) is -7.91. The number of fused-ring (bicyclic) bond motifs is 1. The number of aryl methyl sites for hydroxylation is 1. The average Bonchev–Trinajstić information content (AvgIpc) is 3.22. The first kappa shape index (κ1) is 21.5. The molecule has 3 atom stereocenters. The van der Waals surface area contributed by atoms with Crippen molar-refractivity contribution >= 4 is 34.9 Å². The van der Waals surface area contributed by atoms with E-state index >= 15 is 0 Å². The number of carbonyl (C=O) groups is 2. The molecule has 2 amide bonds. The van der Waals surface area contributed by atoms with Crippen molar-refractivity contribution in [2.45, 2.75) is 51.0 Å². The number of ether oxygens (including phenoxy) is 2. The van der Waals surface area contributed by atoms with E-state index in [1.54, 1.807) is 0 Å². The monoisotopic (exact) mass is 522 g/mol. The zero-order chi connectivity index (χ0) is 28.5. The van der Waals surface area contributed by atoms with E-state index in [1.807, 2.05) is 0 Å². The third kappa shape index (κ3) is 4.34. The Bertz CT molecular complexity index is 1320. The van der Waals surface area contributed by atoms with E-state index in [9.17, 15) is 31.5 Å². The number of hydrogen-bond acceptors (Lipinski definition) is 5. The predicted molar refractivity (Wildman–Crippen MR) is 114 cm³/mol. The molecule has 1 aromatic carbocycles. The Morgan fingerprint density at radius 3 is 2.57 bits per heavy atom. The highest BCUT2D eigenvalue weighted by molar-refractivity contribution is 6.31. The lowest BCUT2D eigenvalue weighted by molar-refractivity contribution is -0.161. The average molecular weight is 523 g/mol. The van der Waals surface area contributed by atoms with E-state index in [-0.39, 0.29) is 10.6 Å². The fourth-order valence-corrected chi connectivity index (χ4v) is 4.18. The van der Waals surface area contributed by atoms with Crippen molar-refractivity contribution in [3.63, 3.8) is 0 Å². The standard InChI is InChI=1S/C22H19ClF5N3O4/c1-9-7-10(22(26,27)28)8-13(29-9)31-16(17-18(20(31)33)35-21(2,3)34-17)19(32)30(4)12-6-5-11(24)14(23)15(12)25/h5-8,16-18H,1-4H3/t16-,17-,18-/m0/s1/i4D3. The first-order valence-electron chi connectivity index (χ1n) is 11.6. The van der Waals surface area contributed by atoms with Crippen LogP contribution in [0.25, 0.3) is 0 Å². The van der Waals surface area contributed by atoms with Gasteiger partial charge in [-0.1, -0.05) is 11.6 Å². The van der Waals surface area contributed by atoms with Crippen LogP contribution in [0.2, 0.25) is 5.02 Å². The largest absolute Gasteiger partial charge is 0.416 e. The topological polar surface area (TPSA) is 72.0 Å². The molecule has 1 aromatic heterocycles. The van der Waals surface area contributed by atoms with Gasteiger partial charge in [0.05, 0.1) is 11.3 Å². The first-order valence-corrected chi connectivity index (χ1v) is 10.4. The molecule has 0 unspecified atom stereocenters. The van der Waals surface area contributed by atoms with Gasteiger partial charge in [-0.3, -0.25) is 14.5 Å². The molecule has 188 valence electrons. The van der Waals surface area contributed by atoms with Gasteiger partial charge in [-0.25, -0.2) is 13.8 Å². The highest BCUT2D eigenvalue weighted by Gasteiger charge is 2.61. The molecular formula is C22H19ClF5N3O4. The van der Waals surface area contributed by atoms with E-state index in [0.29, 0.717) is 29.2 Å². The van der Waals surface area contributed by atoms with E-state index in [2.05, 4.69) is 4.98 Å². The molecule has 13 heteroatoms. The van der Waals surface area contributed by atoms with Gasteiger partial charge in [0.2, 0.25) is 0 Å². The minimum Gasteiger partial charge on any atom is -0.341 e. The Morgan fingerprint density at radius 2 is 1.94 bits per heavy atom. The molecule has 7 nitrogen and oxygen atoms in total. The molecule has 2 aliphatic heterocycles. The summed E-state index contributed by atoms with van der Waals surface area (Å²) in [5.74, 6) is -7.41. The van der Waals surface area contributed by atoms with Crippen molar-refractivity contribution in [2.75, 3.05) is 16.8 Å². The number of amides is 2. The second-order valence-corrected chi connectivity index (χ2v) is 8.77. The van der Waals surface area contributed by atoms with Crippen molar-refractivity contribution in [3.8, 4) is 0 Å². The van der Waals surface area contributed by atoms with Crippen LogP contribution >= 0.6 is 11.6 Å². The maximum absolute atomic E-state index is 14.9. The lowest BCUT2D eigenvalue weighted by Gasteiger charge is -2.31. The summed E-state index contributed by atoms with van der Waals surface area (Å²) in [7, 11) is 0. The quantitative estimate of drug-likeness (QED) is 0.445. The maximum Gasteiger partial charge on any atom is 0.416 e. The fraction of sp³-hybridized carbons (Fsp3) is 0.409. The highest BCUT2D eigenvalue weighted by atomic mass is 35.5. The van der Waals surface area contributed by atoms with Gasteiger partial charge in [0.15, 0.2) is 17.7 Å². The Balaban J connectivity index is 1.91. The summed E-state index contributed by atoms with van der Waals surface area (Å²) < 4.78 is 104. The predicted octanol–water partition coefficient (Wildman–Crippen LogP) is 4.24. The summed E-state index contributed by atoms with van der Waals surface area (Å²) >= 11 is 5.60. The number of hydrogen-bond donors (Lipinski definition) is 0. The smallest absolute Gasteiger partial charge is 0.341 e. The van der Waals surface area contributed by atoms with Crippen molar-refractivity contribution in [3.05, 3.63) is 52.2 Å². The SMILES string of the molecule is [2H]C([2H])([2H])N(C(=O)[C@@H]1[C@@H]2OC(C)(C)O[C@@H]2C(=O)N1c1cc(C(F)(F)F)cc(C)n1)c1ccc(F)c(Cl)c1F. The zero-order valence-electron chi connectivity index (χ0n) is 21.3. The first-order chi connectivity index (χ1) is 17.3. The van der Waals surface area contributed by atoms with Gasteiger partial charge in [-0.15, -0.1) is 0 Å². The second kappa shape index (κ2) is 8.38. The maximum atomic E-state index is 14.9. The van der Waals surface area contributed by atoms with Crippen molar-refractivity contribution in [2.24, 2.45) is 0 Å². The molecular weight excluding hydrogens is 501 g/mol. The molecule has 2 fully saturated rings. The van der Waals surface area contributed by atoms with Crippen molar-refractivity contribution < 1.29 is 45.1 Å². The summed E-state index contributed by atoms with van der Waals surface area (Å²) in [5.41, 5.74) is -2.32. The Morgan fingerprint density at radius 1 is 1.26 bits per heavy atom. The van der Waals surface area contributed by atoms with Crippen LogP contribution < -0.4 is 9.80 Å². The van der Waals surface area contributed by atoms with Crippen molar-refractivity contribution in [1.82, 2.24) is 4.98 Å². The number of nitrogens with zero attached hydrogens (tertiary/aromatic N) is 3. The number of rotatable bonds is 3. The minimum atomic E-state index is -4.85. The van der Waals surface area contributed by atoms with Crippen LogP contribution in [0.5, 0.6) is 0 Å². The minimum absolute atomic E-state index is 0.0316. The fourth-order valence-electron chi connectivity index (χ4n) is 4.02. The van der Waals surface area contributed by atoms with E-state index in [1.165, 1.54) is 20.8 Å². The molecule has 0 aliphatic carbocycles. The van der Waals surface area contributed by atoms with Crippen molar-refractivity contribution in [1.29, 1.82) is 0 Å². The van der Waals surface area contributed by atoms with E-state index in [4.69, 9.17) is 25.2 Å². The summed E-state index contributed by atoms with van der Waals surface area (Å²) in [6, 6.07) is 0.535. The van der Waals surface area contributed by atoms with Gasteiger partial charge in [-0.2, -0.15) is 13.2 Å². The van der Waals surface area contributed by atoms with Crippen LogP contribution in [0.3, 0.4) is 0 Å². The molecule has 0 saturated carbocycles. The molecule has 4 rings (SSSR count). The Kier molecular flexibility index (Phi) is 5.14. The van der Waals surface area contributed by atoms with Crippen LogP contribution in [0.4, 0.5) is 33.5 Å². The molecule has 0 spiro atoms. The number of pyridine rings is 1. The van der Waals surface area contributed by atoms with Crippen LogP contribution in [-0.2, 0) is 25.2 Å². The van der Waals surface area contributed by atoms with Gasteiger partial charge in [0, 0.05) is 16.8 Å². The normalized spacial score (nSPS) is 25.2. The Hall–Kier alpha value is -2.83. The van der Waals surface area contributed by atoms with Crippen LogP contribution in [0, 0.1) is 18.6 Å². The van der Waals surface area contributed by atoms with Gasteiger partial charge in [0.25, 0.3) is 11.8 Å². The number of benzene rings is 1. The summed E-state index contributed by atoms with van der Waals surface area (Å²) in [6.45, 7) is 0.603. The number of likely N-dealkylation sites (N-methyl/N-ethyl adjacent to an activating group) is 1. The number of halogens is 6. The molecule has 2 saturated heterocycles. The van der Waals surface area contributed by atoms with Gasteiger partial charge < -0.3 is 14.4 Å². The van der Waals surface area contributed by atoms with E-state index in [0.717, 1.165) is 0 Å². The molecule has 3 heterocycles. The molecule has 2 aromatic rings. The van der Waals surface area contributed by atoms with Crippen LogP contribution in [-0.4, -0.2) is 47.8 Å². The lowest BCUT2D eigenvalue weighted by Crippen LogP contribution is -2.51. The zero-order valence-corrected chi connectivity index (χ0v) is 19.0. The number of carbonyl (C=O) groups excluding carboxylic acids is 2. The lowest BCUT2D eigenvalue weighted by atomic mass is 10.1. The molecule has 2 aliphatic rings. The molecule has 0 radical (unpaired) electrons. The summed E-state index contributed by atoms with van der Waals surface area (Å²) in [5, 5.41) is -1.10. The number of aromatic nitrogens is 1. The van der Waals surface area contributed by atoms with Gasteiger partial charge >= 0.3 is 6.18 Å². The van der Waals surface area contributed by atoms with E-state index < -0.39 is 82.7 Å². The molecule has 0 N–H and O–H groups in total. The van der Waals surface area contributed by atoms with Gasteiger partial charge in [-0.05, 0) is 45.0 Å². The van der Waals surface area contributed by atoms with Crippen LogP contribution in [0.15, 0.2) is 24.3 Å². The summed E-state index contributed by atoms with van der Waals surface area (Å²) in [4.78, 5) is 31.7.